The highest BCUT2D eigenvalue weighted by molar-refractivity contribution is 5.37. The lowest BCUT2D eigenvalue weighted by Gasteiger charge is -2.26. The molecule has 80 valence electrons. The maximum atomic E-state index is 6.05. The van der Waals surface area contributed by atoms with Gasteiger partial charge in [0.05, 0.1) is 0 Å². The van der Waals surface area contributed by atoms with Crippen LogP contribution in [0.3, 0.4) is 0 Å². The van der Waals surface area contributed by atoms with Crippen molar-refractivity contribution < 1.29 is 4.74 Å². The number of fused-ring (bicyclic) bond motifs is 1. The summed E-state index contributed by atoms with van der Waals surface area (Å²) in [4.78, 5) is 0. The highest BCUT2D eigenvalue weighted by atomic mass is 16.5. The van der Waals surface area contributed by atoms with Crippen LogP contribution in [0.4, 0.5) is 0 Å². The number of hydrogen-bond donors (Lipinski definition) is 0. The molecule has 1 atom stereocenters. The molecule has 1 unspecified atom stereocenters. The van der Waals surface area contributed by atoms with E-state index in [0.29, 0.717) is 6.10 Å². The molecular weight excluding hydrogens is 184 g/mol. The zero-order valence-electron chi connectivity index (χ0n) is 9.11. The summed E-state index contributed by atoms with van der Waals surface area (Å²) in [7, 11) is 0. The Morgan fingerprint density at radius 1 is 1.00 bits per heavy atom. The van der Waals surface area contributed by atoms with Crippen molar-refractivity contribution in [3.8, 4) is 5.75 Å². The molecule has 1 aliphatic heterocycles. The number of hydrogen-bond acceptors (Lipinski definition) is 1. The van der Waals surface area contributed by atoms with Gasteiger partial charge in [-0.05, 0) is 30.4 Å². The second-order valence-corrected chi connectivity index (χ2v) is 4.87. The van der Waals surface area contributed by atoms with Gasteiger partial charge < -0.3 is 4.74 Å². The number of benzene rings is 1. The predicted molar refractivity (Wildman–Crippen MR) is 61.1 cm³/mol. The summed E-state index contributed by atoms with van der Waals surface area (Å²) in [5.74, 6) is 1.94. The van der Waals surface area contributed by atoms with Crippen molar-refractivity contribution in [1.82, 2.24) is 0 Å². The van der Waals surface area contributed by atoms with Gasteiger partial charge in [0.2, 0.25) is 0 Å². The molecule has 1 aliphatic carbocycles. The predicted octanol–water partition coefficient (Wildman–Crippen LogP) is 3.57. The summed E-state index contributed by atoms with van der Waals surface area (Å²) in [5.41, 5.74) is 1.41. The topological polar surface area (TPSA) is 9.23 Å². The minimum atomic E-state index is 0.475. The zero-order chi connectivity index (χ0) is 10.1. The van der Waals surface area contributed by atoms with Crippen molar-refractivity contribution >= 4 is 0 Å². The summed E-state index contributed by atoms with van der Waals surface area (Å²) in [5, 5.41) is 0. The highest BCUT2D eigenvalue weighted by Gasteiger charge is 2.30. The van der Waals surface area contributed by atoms with Gasteiger partial charge in [-0.15, -0.1) is 0 Å². The largest absolute Gasteiger partial charge is 0.490 e. The van der Waals surface area contributed by atoms with E-state index in [0.717, 1.165) is 18.1 Å². The lowest BCUT2D eigenvalue weighted by molar-refractivity contribution is 0.129. The Kier molecular flexibility index (Phi) is 2.40. The molecule has 15 heavy (non-hydrogen) atoms. The van der Waals surface area contributed by atoms with Gasteiger partial charge in [-0.1, -0.05) is 37.5 Å². The van der Waals surface area contributed by atoms with Gasteiger partial charge in [-0.2, -0.15) is 0 Å². The summed E-state index contributed by atoms with van der Waals surface area (Å²) in [6, 6.07) is 8.50. The molecule has 0 saturated heterocycles. The SMILES string of the molecule is c1ccc2c(c1)CC(C1CCCCC1)O2. The van der Waals surface area contributed by atoms with E-state index in [4.69, 9.17) is 4.74 Å². The zero-order valence-corrected chi connectivity index (χ0v) is 9.11. The van der Waals surface area contributed by atoms with E-state index in [1.165, 1.54) is 37.7 Å². The van der Waals surface area contributed by atoms with Gasteiger partial charge in [0.1, 0.15) is 11.9 Å². The summed E-state index contributed by atoms with van der Waals surface area (Å²) in [6.45, 7) is 0. The van der Waals surface area contributed by atoms with E-state index in [2.05, 4.69) is 24.3 Å². The lowest BCUT2D eigenvalue weighted by atomic mass is 9.84. The highest BCUT2D eigenvalue weighted by Crippen LogP contribution is 2.36. The minimum absolute atomic E-state index is 0.475. The second kappa shape index (κ2) is 3.88. The van der Waals surface area contributed by atoms with Gasteiger partial charge >= 0.3 is 0 Å². The first kappa shape index (κ1) is 9.26. The standard InChI is InChI=1S/C14H18O/c1-2-6-11(7-3-1)14-10-12-8-4-5-9-13(12)15-14/h4-5,8-9,11,14H,1-3,6-7,10H2. The Morgan fingerprint density at radius 3 is 2.60 bits per heavy atom. The van der Waals surface area contributed by atoms with Crippen LogP contribution >= 0.6 is 0 Å². The Morgan fingerprint density at radius 2 is 1.80 bits per heavy atom. The molecule has 0 aromatic heterocycles. The van der Waals surface area contributed by atoms with Crippen molar-refractivity contribution in [1.29, 1.82) is 0 Å². The lowest BCUT2D eigenvalue weighted by Crippen LogP contribution is -2.26. The van der Waals surface area contributed by atoms with E-state index in [1.54, 1.807) is 0 Å². The third kappa shape index (κ3) is 1.75. The Hall–Kier alpha value is -0.980. The smallest absolute Gasteiger partial charge is 0.123 e. The van der Waals surface area contributed by atoms with Gasteiger partial charge in [0, 0.05) is 6.42 Å². The van der Waals surface area contributed by atoms with Crippen LogP contribution in [0.1, 0.15) is 37.7 Å². The van der Waals surface area contributed by atoms with Crippen molar-refractivity contribution in [2.45, 2.75) is 44.6 Å². The van der Waals surface area contributed by atoms with Crippen LogP contribution < -0.4 is 4.74 Å². The molecule has 0 radical (unpaired) electrons. The fourth-order valence-electron chi connectivity index (χ4n) is 2.98. The second-order valence-electron chi connectivity index (χ2n) is 4.87. The fraction of sp³-hybridized carbons (Fsp3) is 0.571. The van der Waals surface area contributed by atoms with Crippen LogP contribution in [0, 0.1) is 5.92 Å². The monoisotopic (exact) mass is 202 g/mol. The summed E-state index contributed by atoms with van der Waals surface area (Å²) >= 11 is 0. The van der Waals surface area contributed by atoms with Crippen LogP contribution in [0.2, 0.25) is 0 Å². The Labute approximate surface area is 91.5 Å². The molecule has 0 N–H and O–H groups in total. The van der Waals surface area contributed by atoms with E-state index < -0.39 is 0 Å². The molecule has 1 saturated carbocycles. The normalized spacial score (nSPS) is 26.0. The van der Waals surface area contributed by atoms with Crippen molar-refractivity contribution in [2.75, 3.05) is 0 Å². The fourth-order valence-corrected chi connectivity index (χ4v) is 2.98. The first-order chi connectivity index (χ1) is 7.43. The average molecular weight is 202 g/mol. The number of ether oxygens (including phenoxy) is 1. The van der Waals surface area contributed by atoms with Crippen LogP contribution in [-0.4, -0.2) is 6.10 Å². The van der Waals surface area contributed by atoms with E-state index in [9.17, 15) is 0 Å². The van der Waals surface area contributed by atoms with Crippen LogP contribution in [0.5, 0.6) is 5.75 Å². The van der Waals surface area contributed by atoms with Gasteiger partial charge in [-0.25, -0.2) is 0 Å². The van der Waals surface area contributed by atoms with Gasteiger partial charge in [0.15, 0.2) is 0 Å². The van der Waals surface area contributed by atoms with Gasteiger partial charge in [-0.3, -0.25) is 0 Å². The summed E-state index contributed by atoms with van der Waals surface area (Å²) in [6.07, 6.45) is 8.60. The van der Waals surface area contributed by atoms with E-state index >= 15 is 0 Å². The van der Waals surface area contributed by atoms with Gasteiger partial charge in [0.25, 0.3) is 0 Å². The van der Waals surface area contributed by atoms with Crippen molar-refractivity contribution in [2.24, 2.45) is 5.92 Å². The first-order valence-electron chi connectivity index (χ1n) is 6.18. The van der Waals surface area contributed by atoms with E-state index in [1.807, 2.05) is 0 Å². The third-order valence-corrected chi connectivity index (χ3v) is 3.85. The van der Waals surface area contributed by atoms with Crippen molar-refractivity contribution in [3.63, 3.8) is 0 Å². The molecule has 0 bridgehead atoms. The molecular formula is C14H18O. The quantitative estimate of drug-likeness (QED) is 0.676. The molecule has 1 heteroatoms. The Bertz CT molecular complexity index is 314. The van der Waals surface area contributed by atoms with Crippen LogP contribution in [0.25, 0.3) is 0 Å². The third-order valence-electron chi connectivity index (χ3n) is 3.85. The maximum Gasteiger partial charge on any atom is 0.123 e. The van der Waals surface area contributed by atoms with Crippen molar-refractivity contribution in [3.05, 3.63) is 29.8 Å². The first-order valence-corrected chi connectivity index (χ1v) is 6.18. The minimum Gasteiger partial charge on any atom is -0.490 e. The molecule has 1 nitrogen and oxygen atoms in total. The Balaban J connectivity index is 1.72. The van der Waals surface area contributed by atoms with Crippen LogP contribution in [0.15, 0.2) is 24.3 Å². The molecule has 1 aromatic carbocycles. The summed E-state index contributed by atoms with van der Waals surface area (Å²) < 4.78 is 6.05. The van der Waals surface area contributed by atoms with Crippen LogP contribution in [-0.2, 0) is 6.42 Å². The average Bonchev–Trinajstić information content (AvgIpc) is 2.74. The maximum absolute atomic E-state index is 6.05. The molecule has 1 aromatic rings. The molecule has 3 rings (SSSR count). The van der Waals surface area contributed by atoms with E-state index in [-0.39, 0.29) is 0 Å². The molecule has 2 aliphatic rings. The molecule has 1 heterocycles. The number of rotatable bonds is 1. The molecule has 0 amide bonds. The molecule has 0 spiro atoms. The molecule has 1 fully saturated rings. The number of para-hydroxylation sites is 1.